The van der Waals surface area contributed by atoms with Crippen LogP contribution in [-0.4, -0.2) is 60.5 Å². The minimum absolute atomic E-state index is 0.0479. The fourth-order valence-corrected chi connectivity index (χ4v) is 4.19. The van der Waals surface area contributed by atoms with Crippen LogP contribution in [0.3, 0.4) is 0 Å². The van der Waals surface area contributed by atoms with E-state index in [1.54, 1.807) is 16.8 Å². The summed E-state index contributed by atoms with van der Waals surface area (Å²) >= 11 is 1.36. The number of rotatable bonds is 2. The number of carbonyl (C=O) groups is 2. The molecule has 2 heterocycles. The summed E-state index contributed by atoms with van der Waals surface area (Å²) in [5.41, 5.74) is 0.795. The Kier molecular flexibility index (Phi) is 3.52. The van der Waals surface area contributed by atoms with Crippen molar-refractivity contribution in [3.63, 3.8) is 0 Å². The number of hydrogen-bond acceptors (Lipinski definition) is 5. The minimum Gasteiger partial charge on any atom is -0.324 e. The van der Waals surface area contributed by atoms with E-state index in [2.05, 4.69) is 18.8 Å². The Balaban J connectivity index is 2.00. The molecule has 1 atom stereocenters. The third-order valence-corrected chi connectivity index (χ3v) is 5.43. The Morgan fingerprint density at radius 3 is 2.59 bits per heavy atom. The fourth-order valence-electron chi connectivity index (χ4n) is 3.13. The third-order valence-electron chi connectivity index (χ3n) is 4.29. The number of thiazole rings is 1. The molecule has 2 amide bonds. The van der Waals surface area contributed by atoms with Crippen LogP contribution in [0.4, 0.5) is 9.93 Å². The Labute approximate surface area is 134 Å². The summed E-state index contributed by atoms with van der Waals surface area (Å²) in [4.78, 5) is 35.6. The molecule has 1 aromatic heterocycles. The van der Waals surface area contributed by atoms with E-state index in [9.17, 15) is 9.59 Å². The maximum atomic E-state index is 12.4. The molecule has 0 N–H and O–H groups in total. The number of aromatic nitrogens is 1. The zero-order valence-electron chi connectivity index (χ0n) is 13.7. The van der Waals surface area contributed by atoms with E-state index in [-0.39, 0.29) is 23.4 Å². The summed E-state index contributed by atoms with van der Waals surface area (Å²) in [6, 6.07) is -0.0588. The Morgan fingerprint density at radius 1 is 1.27 bits per heavy atom. The highest BCUT2D eigenvalue weighted by molar-refractivity contribution is 7.17. The lowest BCUT2D eigenvalue weighted by molar-refractivity contribution is 0.0916. The molecule has 3 rings (SSSR count). The van der Waals surface area contributed by atoms with Crippen molar-refractivity contribution in [2.75, 3.05) is 32.6 Å². The van der Waals surface area contributed by atoms with Gasteiger partial charge in [0, 0.05) is 13.5 Å². The van der Waals surface area contributed by atoms with Crippen molar-refractivity contribution in [1.82, 2.24) is 14.8 Å². The van der Waals surface area contributed by atoms with Gasteiger partial charge in [-0.2, -0.15) is 0 Å². The van der Waals surface area contributed by atoms with Crippen LogP contribution in [0.15, 0.2) is 0 Å². The number of likely N-dealkylation sites (N-methyl/N-ethyl adjacent to an activating group) is 2. The highest BCUT2D eigenvalue weighted by Crippen LogP contribution is 2.40. The van der Waals surface area contributed by atoms with Crippen LogP contribution in [-0.2, 0) is 6.42 Å². The minimum atomic E-state index is -0.0588. The Hall–Kier alpha value is -1.47. The first-order valence-corrected chi connectivity index (χ1v) is 8.25. The lowest BCUT2D eigenvalue weighted by atomic mass is 9.78. The van der Waals surface area contributed by atoms with Gasteiger partial charge < -0.3 is 4.90 Å². The van der Waals surface area contributed by atoms with E-state index >= 15 is 0 Å². The number of Topliss-reactive ketones (excluding diaryl/α,β-unsaturated/α-hetero) is 1. The summed E-state index contributed by atoms with van der Waals surface area (Å²) in [6.45, 7) is 4.81. The number of carbonyl (C=O) groups excluding carboxylic acids is 2. The van der Waals surface area contributed by atoms with Crippen molar-refractivity contribution in [2.24, 2.45) is 5.41 Å². The highest BCUT2D eigenvalue weighted by Gasteiger charge is 2.41. The first kappa shape index (κ1) is 15.4. The average molecular weight is 322 g/mol. The van der Waals surface area contributed by atoms with Gasteiger partial charge in [0.25, 0.3) is 0 Å². The summed E-state index contributed by atoms with van der Waals surface area (Å²) < 4.78 is 0. The lowest BCUT2D eigenvalue weighted by Gasteiger charge is -2.27. The molecule has 1 unspecified atom stereocenters. The summed E-state index contributed by atoms with van der Waals surface area (Å²) in [5, 5.41) is 0.643. The molecule has 1 fully saturated rings. The first-order chi connectivity index (χ1) is 10.2. The van der Waals surface area contributed by atoms with Crippen molar-refractivity contribution < 1.29 is 9.59 Å². The molecule has 7 heteroatoms. The maximum Gasteiger partial charge on any atom is 0.327 e. The standard InChI is InChI=1S/C15H22N4O2S/c1-15(2)6-9-12(10(20)7-15)22-13(16-9)19-11(17(3)4)8-18(5)14(19)21/h11H,6-8H2,1-5H3. The van der Waals surface area contributed by atoms with Crippen LogP contribution >= 0.6 is 11.3 Å². The molecule has 120 valence electrons. The van der Waals surface area contributed by atoms with Crippen molar-refractivity contribution in [3.8, 4) is 0 Å². The van der Waals surface area contributed by atoms with Crippen LogP contribution in [0.2, 0.25) is 0 Å². The molecule has 0 radical (unpaired) electrons. The second-order valence-corrected chi connectivity index (χ2v) is 8.17. The van der Waals surface area contributed by atoms with Gasteiger partial charge in [0.2, 0.25) is 0 Å². The molecule has 0 spiro atoms. The van der Waals surface area contributed by atoms with Crippen molar-refractivity contribution in [1.29, 1.82) is 0 Å². The van der Waals surface area contributed by atoms with Crippen LogP contribution in [0, 0.1) is 5.41 Å². The first-order valence-electron chi connectivity index (χ1n) is 7.43. The maximum absolute atomic E-state index is 12.4. The van der Waals surface area contributed by atoms with Crippen LogP contribution in [0.5, 0.6) is 0 Å². The molecular weight excluding hydrogens is 300 g/mol. The number of nitrogens with zero attached hydrogens (tertiary/aromatic N) is 4. The zero-order chi connectivity index (χ0) is 16.2. The van der Waals surface area contributed by atoms with Crippen molar-refractivity contribution >= 4 is 28.3 Å². The second kappa shape index (κ2) is 5.03. The lowest BCUT2D eigenvalue weighted by Crippen LogP contribution is -2.43. The number of anilines is 1. The SMILES string of the molecule is CN1CC(N(C)C)N(c2nc3c(s2)C(=O)CC(C)(C)C3)C1=O. The normalized spacial score (nSPS) is 24.4. The Bertz CT molecular complexity index is 637. The molecule has 1 aliphatic heterocycles. The van der Waals surface area contributed by atoms with Gasteiger partial charge >= 0.3 is 6.03 Å². The van der Waals surface area contributed by atoms with E-state index in [4.69, 9.17) is 0 Å². The summed E-state index contributed by atoms with van der Waals surface area (Å²) in [6.07, 6.45) is 1.29. The number of fused-ring (bicyclic) bond motifs is 1. The van der Waals surface area contributed by atoms with Gasteiger partial charge in [0.15, 0.2) is 10.9 Å². The molecule has 1 saturated heterocycles. The molecule has 1 aromatic rings. The highest BCUT2D eigenvalue weighted by atomic mass is 32.1. The van der Waals surface area contributed by atoms with Gasteiger partial charge in [0.1, 0.15) is 6.17 Å². The molecule has 0 saturated carbocycles. The van der Waals surface area contributed by atoms with Gasteiger partial charge in [-0.25, -0.2) is 9.78 Å². The van der Waals surface area contributed by atoms with E-state index in [1.165, 1.54) is 11.3 Å². The largest absolute Gasteiger partial charge is 0.327 e. The molecular formula is C15H22N4O2S. The third kappa shape index (κ3) is 2.42. The fraction of sp³-hybridized carbons (Fsp3) is 0.667. The van der Waals surface area contributed by atoms with Crippen LogP contribution in [0.25, 0.3) is 0 Å². The van der Waals surface area contributed by atoms with E-state index in [0.29, 0.717) is 18.1 Å². The number of urea groups is 1. The van der Waals surface area contributed by atoms with Crippen LogP contribution < -0.4 is 4.90 Å². The predicted octanol–water partition coefficient (Wildman–Crippen LogP) is 2.06. The van der Waals surface area contributed by atoms with Crippen LogP contribution in [0.1, 0.15) is 35.6 Å². The molecule has 0 bridgehead atoms. The second-order valence-electron chi connectivity index (χ2n) is 7.19. The smallest absolute Gasteiger partial charge is 0.324 e. The van der Waals surface area contributed by atoms with Gasteiger partial charge in [-0.15, -0.1) is 0 Å². The summed E-state index contributed by atoms with van der Waals surface area (Å²) in [7, 11) is 5.69. The van der Waals surface area contributed by atoms with Crippen molar-refractivity contribution in [3.05, 3.63) is 10.6 Å². The van der Waals surface area contributed by atoms with Gasteiger partial charge in [0.05, 0.1) is 17.1 Å². The van der Waals surface area contributed by atoms with Gasteiger partial charge in [-0.1, -0.05) is 25.2 Å². The molecule has 2 aliphatic rings. The molecule has 1 aliphatic carbocycles. The van der Waals surface area contributed by atoms with E-state index in [1.807, 2.05) is 19.0 Å². The van der Waals surface area contributed by atoms with Gasteiger partial charge in [-0.05, 0) is 25.9 Å². The zero-order valence-corrected chi connectivity index (χ0v) is 14.5. The average Bonchev–Trinajstić information content (AvgIpc) is 2.91. The van der Waals surface area contributed by atoms with Gasteiger partial charge in [-0.3, -0.25) is 14.6 Å². The Morgan fingerprint density at radius 2 is 1.95 bits per heavy atom. The molecule has 6 nitrogen and oxygen atoms in total. The quantitative estimate of drug-likeness (QED) is 0.836. The predicted molar refractivity (Wildman–Crippen MR) is 86.5 cm³/mol. The van der Waals surface area contributed by atoms with Crippen molar-refractivity contribution in [2.45, 2.75) is 32.9 Å². The van der Waals surface area contributed by atoms with E-state index in [0.717, 1.165) is 17.0 Å². The number of ketones is 1. The van der Waals surface area contributed by atoms with E-state index < -0.39 is 0 Å². The summed E-state index contributed by atoms with van der Waals surface area (Å²) in [5.74, 6) is 0.149. The monoisotopic (exact) mass is 322 g/mol. The number of hydrogen-bond donors (Lipinski definition) is 0. The molecule has 0 aromatic carbocycles. The molecule has 22 heavy (non-hydrogen) atoms. The number of amides is 2. The topological polar surface area (TPSA) is 56.8 Å².